The molecule has 1 aliphatic heterocycles. The van der Waals surface area contributed by atoms with E-state index in [1.807, 2.05) is 49.4 Å². The summed E-state index contributed by atoms with van der Waals surface area (Å²) >= 11 is 0. The van der Waals surface area contributed by atoms with Crippen molar-refractivity contribution < 1.29 is 9.53 Å². The Morgan fingerprint density at radius 2 is 2.05 bits per heavy atom. The van der Waals surface area contributed by atoms with Crippen LogP contribution in [-0.4, -0.2) is 19.1 Å². The van der Waals surface area contributed by atoms with E-state index in [0.29, 0.717) is 12.2 Å². The number of fused-ring (bicyclic) bond motifs is 1. The van der Waals surface area contributed by atoms with Crippen LogP contribution >= 0.6 is 0 Å². The summed E-state index contributed by atoms with van der Waals surface area (Å²) in [5, 5.41) is 6.19. The fourth-order valence-electron chi connectivity index (χ4n) is 2.45. The summed E-state index contributed by atoms with van der Waals surface area (Å²) in [6.07, 6.45) is 0.972. The molecule has 0 spiro atoms. The third-order valence-corrected chi connectivity index (χ3v) is 3.50. The lowest BCUT2D eigenvalue weighted by Gasteiger charge is -2.08. The second kappa shape index (κ2) is 5.87. The number of benzene rings is 2. The lowest BCUT2D eigenvalue weighted by atomic mass is 10.1. The van der Waals surface area contributed by atoms with Crippen molar-refractivity contribution in [1.29, 1.82) is 0 Å². The highest BCUT2D eigenvalue weighted by molar-refractivity contribution is 6.04. The molecule has 0 bridgehead atoms. The Morgan fingerprint density at radius 1 is 1.24 bits per heavy atom. The third kappa shape index (κ3) is 2.99. The van der Waals surface area contributed by atoms with E-state index in [2.05, 4.69) is 10.6 Å². The molecule has 1 heterocycles. The van der Waals surface area contributed by atoms with Gasteiger partial charge in [-0.25, -0.2) is 0 Å². The Bertz CT molecular complexity index is 650. The zero-order valence-corrected chi connectivity index (χ0v) is 12.0. The van der Waals surface area contributed by atoms with Crippen LogP contribution in [0.3, 0.4) is 0 Å². The predicted octanol–water partition coefficient (Wildman–Crippen LogP) is 3.31. The van der Waals surface area contributed by atoms with Gasteiger partial charge < -0.3 is 15.4 Å². The first-order valence-electron chi connectivity index (χ1n) is 7.17. The standard InChI is InChI=1S/C17H18N2O2/c1-2-21-15-6-4-14(5-7-15)19-17(20)13-3-8-16-12(11-13)9-10-18-16/h3-8,11,18H,2,9-10H2,1H3,(H,19,20). The lowest BCUT2D eigenvalue weighted by molar-refractivity contribution is 0.102. The quantitative estimate of drug-likeness (QED) is 0.904. The Morgan fingerprint density at radius 3 is 2.81 bits per heavy atom. The minimum Gasteiger partial charge on any atom is -0.494 e. The van der Waals surface area contributed by atoms with Gasteiger partial charge >= 0.3 is 0 Å². The average molecular weight is 282 g/mol. The number of anilines is 2. The first-order chi connectivity index (χ1) is 10.3. The molecule has 108 valence electrons. The maximum Gasteiger partial charge on any atom is 0.255 e. The van der Waals surface area contributed by atoms with E-state index in [0.717, 1.165) is 30.1 Å². The first-order valence-corrected chi connectivity index (χ1v) is 7.17. The van der Waals surface area contributed by atoms with E-state index in [-0.39, 0.29) is 5.91 Å². The molecule has 2 N–H and O–H groups in total. The molecule has 2 aromatic carbocycles. The number of carbonyl (C=O) groups is 1. The zero-order valence-electron chi connectivity index (χ0n) is 12.0. The monoisotopic (exact) mass is 282 g/mol. The molecule has 0 atom stereocenters. The molecule has 3 rings (SSSR count). The van der Waals surface area contributed by atoms with Crippen molar-refractivity contribution in [2.75, 3.05) is 23.8 Å². The van der Waals surface area contributed by atoms with E-state index >= 15 is 0 Å². The fraction of sp³-hybridized carbons (Fsp3) is 0.235. The van der Waals surface area contributed by atoms with Gasteiger partial charge in [0, 0.05) is 23.5 Å². The SMILES string of the molecule is CCOc1ccc(NC(=O)c2ccc3c(c2)CCN3)cc1. The highest BCUT2D eigenvalue weighted by Crippen LogP contribution is 2.23. The summed E-state index contributed by atoms with van der Waals surface area (Å²) in [6.45, 7) is 3.52. The zero-order chi connectivity index (χ0) is 14.7. The molecule has 1 amide bonds. The van der Waals surface area contributed by atoms with Crippen LogP contribution in [0.5, 0.6) is 5.75 Å². The number of hydrogen-bond acceptors (Lipinski definition) is 3. The van der Waals surface area contributed by atoms with Gasteiger partial charge in [0.05, 0.1) is 6.61 Å². The van der Waals surface area contributed by atoms with Gasteiger partial charge in [0.1, 0.15) is 5.75 Å². The van der Waals surface area contributed by atoms with Crippen LogP contribution in [0.15, 0.2) is 42.5 Å². The molecule has 4 heteroatoms. The van der Waals surface area contributed by atoms with E-state index in [1.165, 1.54) is 5.56 Å². The van der Waals surface area contributed by atoms with Gasteiger partial charge in [0.15, 0.2) is 0 Å². The van der Waals surface area contributed by atoms with Gasteiger partial charge in [-0.15, -0.1) is 0 Å². The summed E-state index contributed by atoms with van der Waals surface area (Å²) in [5.74, 6) is 0.716. The number of rotatable bonds is 4. The van der Waals surface area contributed by atoms with Crippen LogP contribution in [0.1, 0.15) is 22.8 Å². The fourth-order valence-corrected chi connectivity index (χ4v) is 2.45. The van der Waals surface area contributed by atoms with Crippen molar-refractivity contribution in [2.24, 2.45) is 0 Å². The topological polar surface area (TPSA) is 50.4 Å². The second-order valence-corrected chi connectivity index (χ2v) is 4.96. The second-order valence-electron chi connectivity index (χ2n) is 4.96. The van der Waals surface area contributed by atoms with Crippen molar-refractivity contribution >= 4 is 17.3 Å². The smallest absolute Gasteiger partial charge is 0.255 e. The van der Waals surface area contributed by atoms with Crippen LogP contribution in [0.25, 0.3) is 0 Å². The Labute approximate surface area is 124 Å². The molecule has 0 saturated heterocycles. The average Bonchev–Trinajstić information content (AvgIpc) is 2.97. The number of carbonyl (C=O) groups excluding carboxylic acids is 1. The summed E-state index contributed by atoms with van der Waals surface area (Å²) in [4.78, 5) is 12.3. The molecule has 0 aliphatic carbocycles. The van der Waals surface area contributed by atoms with Gasteiger partial charge in [-0.05, 0) is 61.4 Å². The molecule has 0 saturated carbocycles. The van der Waals surface area contributed by atoms with E-state index < -0.39 is 0 Å². The number of amides is 1. The van der Waals surface area contributed by atoms with Crippen LogP contribution in [-0.2, 0) is 6.42 Å². The van der Waals surface area contributed by atoms with Crippen molar-refractivity contribution in [3.8, 4) is 5.75 Å². The minimum absolute atomic E-state index is 0.0890. The normalized spacial score (nSPS) is 12.4. The van der Waals surface area contributed by atoms with E-state index in [1.54, 1.807) is 0 Å². The highest BCUT2D eigenvalue weighted by atomic mass is 16.5. The predicted molar refractivity (Wildman–Crippen MR) is 84.2 cm³/mol. The van der Waals surface area contributed by atoms with Crippen LogP contribution < -0.4 is 15.4 Å². The van der Waals surface area contributed by atoms with Gasteiger partial charge in [-0.1, -0.05) is 0 Å². The molecule has 0 radical (unpaired) electrons. The van der Waals surface area contributed by atoms with Gasteiger partial charge in [0.25, 0.3) is 5.91 Å². The van der Waals surface area contributed by atoms with E-state index in [9.17, 15) is 4.79 Å². The van der Waals surface area contributed by atoms with Crippen LogP contribution in [0, 0.1) is 0 Å². The number of nitrogens with one attached hydrogen (secondary N) is 2. The molecule has 0 unspecified atom stereocenters. The van der Waals surface area contributed by atoms with Gasteiger partial charge in [-0.3, -0.25) is 4.79 Å². The Hall–Kier alpha value is -2.49. The molecule has 1 aliphatic rings. The van der Waals surface area contributed by atoms with Crippen molar-refractivity contribution in [1.82, 2.24) is 0 Å². The summed E-state index contributed by atoms with van der Waals surface area (Å²) in [6, 6.07) is 13.2. The molecule has 21 heavy (non-hydrogen) atoms. The first kappa shape index (κ1) is 13.5. The van der Waals surface area contributed by atoms with Gasteiger partial charge in [0.2, 0.25) is 0 Å². The summed E-state index contributed by atoms with van der Waals surface area (Å²) in [7, 11) is 0. The van der Waals surface area contributed by atoms with Crippen molar-refractivity contribution in [3.63, 3.8) is 0 Å². The van der Waals surface area contributed by atoms with Crippen LogP contribution in [0.2, 0.25) is 0 Å². The molecular formula is C17H18N2O2. The molecular weight excluding hydrogens is 264 g/mol. The van der Waals surface area contributed by atoms with Crippen LogP contribution in [0.4, 0.5) is 11.4 Å². The summed E-state index contributed by atoms with van der Waals surface area (Å²) in [5.41, 5.74) is 3.79. The van der Waals surface area contributed by atoms with Crippen molar-refractivity contribution in [2.45, 2.75) is 13.3 Å². The molecule has 0 aromatic heterocycles. The number of hydrogen-bond donors (Lipinski definition) is 2. The molecule has 0 fully saturated rings. The highest BCUT2D eigenvalue weighted by Gasteiger charge is 2.13. The maximum atomic E-state index is 12.3. The summed E-state index contributed by atoms with van der Waals surface area (Å²) < 4.78 is 5.38. The van der Waals surface area contributed by atoms with E-state index in [4.69, 9.17) is 4.74 Å². The largest absolute Gasteiger partial charge is 0.494 e. The number of ether oxygens (including phenoxy) is 1. The molecule has 2 aromatic rings. The minimum atomic E-state index is -0.0890. The third-order valence-electron chi connectivity index (χ3n) is 3.50. The Kier molecular flexibility index (Phi) is 3.77. The maximum absolute atomic E-state index is 12.3. The Balaban J connectivity index is 1.71. The van der Waals surface area contributed by atoms with Gasteiger partial charge in [-0.2, -0.15) is 0 Å². The molecule has 4 nitrogen and oxygen atoms in total. The lowest BCUT2D eigenvalue weighted by Crippen LogP contribution is -2.12. The van der Waals surface area contributed by atoms with Crippen molar-refractivity contribution in [3.05, 3.63) is 53.6 Å².